The van der Waals surface area contributed by atoms with Gasteiger partial charge in [-0.15, -0.1) is 0 Å². The molecule has 306 valence electrons. The molecule has 5 N–H and O–H groups in total. The summed E-state index contributed by atoms with van der Waals surface area (Å²) in [5.41, 5.74) is 0.884. The van der Waals surface area contributed by atoms with E-state index in [0.717, 1.165) is 22.3 Å². The van der Waals surface area contributed by atoms with Crippen LogP contribution in [-0.2, 0) is 32.7 Å². The summed E-state index contributed by atoms with van der Waals surface area (Å²) < 4.78 is 63.0. The fourth-order valence-electron chi connectivity index (χ4n) is 5.94. The molecule has 0 aliphatic rings. The van der Waals surface area contributed by atoms with Crippen LogP contribution in [0.25, 0.3) is 0 Å². The Morgan fingerprint density at radius 1 is 0.759 bits per heavy atom. The molecule has 58 heavy (non-hydrogen) atoms. The second-order valence-corrected chi connectivity index (χ2v) is 14.5. The van der Waals surface area contributed by atoms with Crippen molar-refractivity contribution in [3.05, 3.63) is 155 Å². The van der Waals surface area contributed by atoms with Crippen LogP contribution >= 0.6 is 0 Å². The lowest BCUT2D eigenvalue weighted by Crippen LogP contribution is -2.32. The minimum absolute atomic E-state index is 0.0684. The van der Waals surface area contributed by atoms with Gasteiger partial charge < -0.3 is 25.8 Å². The van der Waals surface area contributed by atoms with Gasteiger partial charge in [-0.2, -0.15) is 21.6 Å². The molecule has 16 heteroatoms. The largest absolute Gasteiger partial charge is 0.522 e. The Labute approximate surface area is 334 Å². The number of anilines is 3. The summed E-state index contributed by atoms with van der Waals surface area (Å²) in [6.45, 7) is 4.57. The number of nitrogens with zero attached hydrogens (tertiary/aromatic N) is 1. The third kappa shape index (κ3) is 13.2. The molecule has 0 aliphatic heterocycles. The first-order chi connectivity index (χ1) is 27.4. The first kappa shape index (κ1) is 44.5. The maximum absolute atomic E-state index is 13.1. The number of carbonyl (C=O) groups excluding carboxylic acids is 2. The van der Waals surface area contributed by atoms with Gasteiger partial charge in [-0.05, 0) is 72.0 Å². The van der Waals surface area contributed by atoms with Crippen molar-refractivity contribution in [3.63, 3.8) is 0 Å². The van der Waals surface area contributed by atoms with Crippen molar-refractivity contribution in [1.29, 1.82) is 0 Å². The molecule has 0 unspecified atom stereocenters. The van der Waals surface area contributed by atoms with Crippen LogP contribution in [0.2, 0.25) is 0 Å². The van der Waals surface area contributed by atoms with Crippen LogP contribution in [0.4, 0.5) is 35.0 Å². The monoisotopic (exact) mass is 820 g/mol. The van der Waals surface area contributed by atoms with Gasteiger partial charge in [0.1, 0.15) is 5.75 Å². The van der Waals surface area contributed by atoms with E-state index < -0.39 is 33.7 Å². The number of methoxy groups -OCH3 is 1. The fourth-order valence-corrected chi connectivity index (χ4v) is 5.94. The maximum Gasteiger partial charge on any atom is 0.522 e. The van der Waals surface area contributed by atoms with E-state index in [4.69, 9.17) is 17.7 Å². The van der Waals surface area contributed by atoms with Gasteiger partial charge in [-0.1, -0.05) is 97.1 Å². The lowest BCUT2D eigenvalue weighted by atomic mass is 9.96. The van der Waals surface area contributed by atoms with Gasteiger partial charge in [-0.3, -0.25) is 19.0 Å². The molecule has 0 fully saturated rings. The quantitative estimate of drug-likeness (QED) is 0.0541. The van der Waals surface area contributed by atoms with Crippen LogP contribution in [-0.4, -0.2) is 53.5 Å². The minimum Gasteiger partial charge on any atom is -0.495 e. The summed E-state index contributed by atoms with van der Waals surface area (Å²) in [6, 6.07) is 39.2. The van der Waals surface area contributed by atoms with E-state index in [-0.39, 0.29) is 24.8 Å². The Hall–Kier alpha value is -6.23. The number of benzene rings is 5. The van der Waals surface area contributed by atoms with Crippen molar-refractivity contribution in [1.82, 2.24) is 4.90 Å². The van der Waals surface area contributed by atoms with Gasteiger partial charge in [0.05, 0.1) is 25.6 Å². The number of hydrogen-bond donors (Lipinski definition) is 5. The predicted molar refractivity (Wildman–Crippen MR) is 215 cm³/mol. The van der Waals surface area contributed by atoms with Gasteiger partial charge in [0.25, 0.3) is 0 Å². The summed E-state index contributed by atoms with van der Waals surface area (Å²) in [6.07, 6.45) is -0.00909. The van der Waals surface area contributed by atoms with Gasteiger partial charge >= 0.3 is 27.6 Å². The number of urea groups is 1. The van der Waals surface area contributed by atoms with Crippen LogP contribution in [0.3, 0.4) is 0 Å². The normalized spacial score (nSPS) is 12.3. The Morgan fingerprint density at radius 2 is 1.33 bits per heavy atom. The van der Waals surface area contributed by atoms with Crippen molar-refractivity contribution in [2.24, 2.45) is 0 Å². The van der Waals surface area contributed by atoms with Crippen molar-refractivity contribution in [3.8, 4) is 5.75 Å². The lowest BCUT2D eigenvalue weighted by molar-refractivity contribution is -0.139. The number of hydrogen-bond acceptors (Lipinski definition) is 7. The summed E-state index contributed by atoms with van der Waals surface area (Å²) in [4.78, 5) is 40.1. The van der Waals surface area contributed by atoms with E-state index in [1.165, 1.54) is 7.11 Å². The molecule has 0 bridgehead atoms. The van der Waals surface area contributed by atoms with Crippen LogP contribution in [0.5, 0.6) is 5.75 Å². The molecule has 0 radical (unpaired) electrons. The summed E-state index contributed by atoms with van der Waals surface area (Å²) in [5, 5.41) is 18.6. The van der Waals surface area contributed by atoms with Crippen molar-refractivity contribution < 1.29 is 50.4 Å². The SMILES string of the molecule is COc1cc(CC(=O)Nc2ccc([C@@H](CC(=O)O)N(Cc3ccccc3)[C@@H](C)c3ccccc3)cc2)ccc1NC(=O)Nc1ccccc1C.O=S(=O)(O)C(F)(F)F. The van der Waals surface area contributed by atoms with E-state index in [1.807, 2.05) is 91.9 Å². The molecular weight excluding hydrogens is 778 g/mol. The number of carboxylic acid groups (broad SMARTS) is 1. The van der Waals surface area contributed by atoms with Crippen LogP contribution in [0.1, 0.15) is 53.2 Å². The third-order valence-corrected chi connectivity index (χ3v) is 9.48. The molecule has 12 nitrogen and oxygen atoms in total. The van der Waals surface area contributed by atoms with Gasteiger partial charge in [-0.25, -0.2) is 4.79 Å². The summed E-state index contributed by atoms with van der Waals surface area (Å²) in [7, 11) is -4.34. The highest BCUT2D eigenvalue weighted by molar-refractivity contribution is 7.86. The highest BCUT2D eigenvalue weighted by Crippen LogP contribution is 2.35. The lowest BCUT2D eigenvalue weighted by Gasteiger charge is -2.37. The number of carbonyl (C=O) groups is 3. The number of aliphatic carboxylic acids is 1. The molecule has 0 saturated heterocycles. The smallest absolute Gasteiger partial charge is 0.495 e. The van der Waals surface area contributed by atoms with Crippen molar-refractivity contribution in [2.75, 3.05) is 23.1 Å². The average Bonchev–Trinajstić information content (AvgIpc) is 3.18. The molecular formula is C42H43F3N4O8S. The molecule has 5 aromatic carbocycles. The van der Waals surface area contributed by atoms with E-state index >= 15 is 0 Å². The zero-order valence-corrected chi connectivity index (χ0v) is 32.6. The van der Waals surface area contributed by atoms with Crippen LogP contribution in [0.15, 0.2) is 127 Å². The van der Waals surface area contributed by atoms with E-state index in [2.05, 4.69) is 39.9 Å². The number of nitrogens with one attached hydrogen (secondary N) is 3. The van der Waals surface area contributed by atoms with Crippen molar-refractivity contribution in [2.45, 2.75) is 50.8 Å². The second-order valence-electron chi connectivity index (χ2n) is 13.1. The third-order valence-electron chi connectivity index (χ3n) is 8.90. The van der Waals surface area contributed by atoms with E-state index in [1.54, 1.807) is 30.3 Å². The molecule has 0 saturated carbocycles. The number of rotatable bonds is 14. The Balaban J connectivity index is 0.000000841. The van der Waals surface area contributed by atoms with Gasteiger partial charge in [0.2, 0.25) is 5.91 Å². The maximum atomic E-state index is 13.1. The molecule has 0 heterocycles. The van der Waals surface area contributed by atoms with Gasteiger partial charge in [0.15, 0.2) is 0 Å². The van der Waals surface area contributed by atoms with E-state index in [0.29, 0.717) is 34.9 Å². The van der Waals surface area contributed by atoms with Crippen LogP contribution in [0, 0.1) is 6.92 Å². The number of carboxylic acids is 1. The van der Waals surface area contributed by atoms with Crippen LogP contribution < -0.4 is 20.7 Å². The molecule has 5 aromatic rings. The molecule has 2 atom stereocenters. The zero-order chi connectivity index (χ0) is 42.5. The Kier molecular flexibility index (Phi) is 15.5. The molecule has 0 aliphatic carbocycles. The highest BCUT2D eigenvalue weighted by Gasteiger charge is 2.44. The first-order valence-corrected chi connectivity index (χ1v) is 19.2. The van der Waals surface area contributed by atoms with E-state index in [9.17, 15) is 32.7 Å². The average molecular weight is 821 g/mol. The number of alkyl halides is 3. The molecule has 0 aromatic heterocycles. The zero-order valence-electron chi connectivity index (χ0n) is 31.7. The number of para-hydroxylation sites is 1. The number of aryl methyl sites for hydroxylation is 1. The first-order valence-electron chi connectivity index (χ1n) is 17.8. The number of amides is 3. The topological polar surface area (TPSA) is 174 Å². The standard InChI is InChI=1S/C41H42N4O5.CHF3O3S/c1-28-12-10-11-17-35(28)43-41(49)44-36-23-18-31(24-38(36)50-3)25-39(46)42-34-21-19-33(20-22-34)37(26-40(47)48)45(27-30-13-6-4-7-14-30)29(2)32-15-8-5-9-16-32;2-1(3,4)8(5,6)7/h4-24,29,37H,25-27H2,1-3H3,(H,42,46)(H,47,48)(H2,43,44,49);(H,5,6,7)/t29-,37+;/m0./s1. The number of halogens is 3. The van der Waals surface area contributed by atoms with Crippen molar-refractivity contribution >= 4 is 45.1 Å². The number of ether oxygens (including phenoxy) is 1. The predicted octanol–water partition coefficient (Wildman–Crippen LogP) is 9.00. The highest BCUT2D eigenvalue weighted by atomic mass is 32.2. The Bertz CT molecular complexity index is 2260. The summed E-state index contributed by atoms with van der Waals surface area (Å²) in [5.74, 6) is -0.702. The summed E-state index contributed by atoms with van der Waals surface area (Å²) >= 11 is 0. The Morgan fingerprint density at radius 3 is 1.90 bits per heavy atom. The second kappa shape index (κ2) is 20.3. The minimum atomic E-state index is -5.84. The molecule has 5 rings (SSSR count). The fraction of sp³-hybridized carbons (Fsp3) is 0.214. The molecule has 3 amide bonds. The van der Waals surface area contributed by atoms with Gasteiger partial charge in [0, 0.05) is 30.0 Å². The molecule has 0 spiro atoms.